The van der Waals surface area contributed by atoms with Crippen LogP contribution in [0.25, 0.3) is 5.76 Å². The molecular formula is C29H35NO4. The molecule has 2 fully saturated rings. The molecule has 0 spiro atoms. The lowest BCUT2D eigenvalue weighted by Gasteiger charge is -2.31. The molecule has 1 atom stereocenters. The van der Waals surface area contributed by atoms with Gasteiger partial charge in [-0.1, -0.05) is 57.9 Å². The van der Waals surface area contributed by atoms with Crippen molar-refractivity contribution in [2.24, 2.45) is 0 Å². The molecule has 4 rings (SSSR count). The van der Waals surface area contributed by atoms with Crippen LogP contribution >= 0.6 is 0 Å². The van der Waals surface area contributed by atoms with Crippen molar-refractivity contribution in [2.45, 2.75) is 77.8 Å². The molecule has 0 bridgehead atoms. The Labute approximate surface area is 202 Å². The molecule has 34 heavy (non-hydrogen) atoms. The molecule has 1 N–H and O–H groups in total. The lowest BCUT2D eigenvalue weighted by molar-refractivity contribution is -0.141. The van der Waals surface area contributed by atoms with E-state index in [0.29, 0.717) is 12.2 Å². The zero-order chi connectivity index (χ0) is 24.6. The Hall–Kier alpha value is -3.08. The van der Waals surface area contributed by atoms with Gasteiger partial charge in [0.25, 0.3) is 11.7 Å². The molecule has 1 saturated carbocycles. The van der Waals surface area contributed by atoms with Crippen LogP contribution in [0.4, 0.5) is 0 Å². The van der Waals surface area contributed by atoms with Crippen molar-refractivity contribution >= 4 is 17.4 Å². The molecule has 1 unspecified atom stereocenters. The third kappa shape index (κ3) is 4.24. The monoisotopic (exact) mass is 461 g/mol. The molecule has 2 aromatic carbocycles. The van der Waals surface area contributed by atoms with E-state index >= 15 is 0 Å². The summed E-state index contributed by atoms with van der Waals surface area (Å²) in [6.45, 7) is 10.7. The van der Waals surface area contributed by atoms with Gasteiger partial charge in [0, 0.05) is 17.2 Å². The number of aliphatic hydroxyl groups is 1. The van der Waals surface area contributed by atoms with Crippen molar-refractivity contribution < 1.29 is 19.4 Å². The number of hydrogen-bond acceptors (Lipinski definition) is 4. The summed E-state index contributed by atoms with van der Waals surface area (Å²) in [4.78, 5) is 28.4. The molecular weight excluding hydrogens is 426 g/mol. The van der Waals surface area contributed by atoms with Gasteiger partial charge in [0.1, 0.15) is 11.5 Å². The van der Waals surface area contributed by atoms with Crippen LogP contribution < -0.4 is 4.74 Å². The van der Waals surface area contributed by atoms with E-state index in [2.05, 4.69) is 20.8 Å². The van der Waals surface area contributed by atoms with Crippen LogP contribution in [0.3, 0.4) is 0 Å². The maximum Gasteiger partial charge on any atom is 0.295 e. The highest BCUT2D eigenvalue weighted by Crippen LogP contribution is 2.45. The summed E-state index contributed by atoms with van der Waals surface area (Å²) in [5.41, 5.74) is 3.29. The molecule has 5 heteroatoms. The fraction of sp³-hybridized carbons (Fsp3) is 0.448. The third-order valence-corrected chi connectivity index (χ3v) is 7.04. The molecule has 1 aliphatic heterocycles. The molecule has 1 aliphatic carbocycles. The standard InChI is InChI=1S/C29H35NO4/c1-6-34-23-16-15-19(17-22(23)29(3,4)5)26(31)24-25(21-14-10-7-11-18(21)2)30(28(33)27(24)32)20-12-8-9-13-20/h7,10-11,14-17,20,25,31H,6,8-9,12-13H2,1-5H3/b26-24+. The second-order valence-corrected chi connectivity index (χ2v) is 10.4. The number of ketones is 1. The number of ether oxygens (including phenoxy) is 1. The van der Waals surface area contributed by atoms with Gasteiger partial charge in [0.15, 0.2) is 0 Å². The first kappa shape index (κ1) is 24.1. The summed E-state index contributed by atoms with van der Waals surface area (Å²) in [7, 11) is 0. The molecule has 2 aliphatic rings. The highest BCUT2D eigenvalue weighted by molar-refractivity contribution is 6.46. The van der Waals surface area contributed by atoms with Gasteiger partial charge < -0.3 is 14.7 Å². The molecule has 1 amide bonds. The minimum absolute atomic E-state index is 0.0109. The van der Waals surface area contributed by atoms with Crippen molar-refractivity contribution in [1.29, 1.82) is 0 Å². The van der Waals surface area contributed by atoms with Gasteiger partial charge in [-0.25, -0.2) is 0 Å². The number of aryl methyl sites for hydroxylation is 1. The summed E-state index contributed by atoms with van der Waals surface area (Å²) in [5.74, 6) is -0.485. The van der Waals surface area contributed by atoms with E-state index in [9.17, 15) is 14.7 Å². The molecule has 5 nitrogen and oxygen atoms in total. The molecule has 180 valence electrons. The minimum Gasteiger partial charge on any atom is -0.507 e. The Morgan fingerprint density at radius 2 is 1.76 bits per heavy atom. The molecule has 0 radical (unpaired) electrons. The van der Waals surface area contributed by atoms with Crippen molar-refractivity contribution in [3.63, 3.8) is 0 Å². The largest absolute Gasteiger partial charge is 0.507 e. The van der Waals surface area contributed by atoms with Crippen LogP contribution in [0.15, 0.2) is 48.0 Å². The van der Waals surface area contributed by atoms with E-state index in [0.717, 1.165) is 48.1 Å². The van der Waals surface area contributed by atoms with E-state index in [4.69, 9.17) is 4.74 Å². The second-order valence-electron chi connectivity index (χ2n) is 10.4. The van der Waals surface area contributed by atoms with E-state index < -0.39 is 17.7 Å². The Bertz CT molecular complexity index is 1140. The zero-order valence-electron chi connectivity index (χ0n) is 20.9. The van der Waals surface area contributed by atoms with E-state index in [-0.39, 0.29) is 22.8 Å². The first-order valence-corrected chi connectivity index (χ1v) is 12.3. The summed E-state index contributed by atoms with van der Waals surface area (Å²) in [5, 5.41) is 11.5. The van der Waals surface area contributed by atoms with Crippen molar-refractivity contribution in [3.05, 3.63) is 70.3 Å². The maximum atomic E-state index is 13.4. The maximum absolute atomic E-state index is 13.4. The van der Waals surface area contributed by atoms with Crippen LogP contribution in [-0.4, -0.2) is 34.3 Å². The second kappa shape index (κ2) is 9.28. The number of carbonyl (C=O) groups is 2. The number of nitrogens with zero attached hydrogens (tertiary/aromatic N) is 1. The smallest absolute Gasteiger partial charge is 0.295 e. The predicted octanol–water partition coefficient (Wildman–Crippen LogP) is 6.06. The number of aliphatic hydroxyl groups excluding tert-OH is 1. The van der Waals surface area contributed by atoms with Gasteiger partial charge in [0.2, 0.25) is 0 Å². The van der Waals surface area contributed by atoms with Gasteiger partial charge in [-0.15, -0.1) is 0 Å². The van der Waals surface area contributed by atoms with Gasteiger partial charge in [-0.05, 0) is 61.4 Å². The summed E-state index contributed by atoms with van der Waals surface area (Å²) < 4.78 is 5.83. The van der Waals surface area contributed by atoms with Gasteiger partial charge in [-0.2, -0.15) is 0 Å². The quantitative estimate of drug-likeness (QED) is 0.334. The van der Waals surface area contributed by atoms with E-state index in [1.165, 1.54) is 0 Å². The zero-order valence-corrected chi connectivity index (χ0v) is 20.9. The third-order valence-electron chi connectivity index (χ3n) is 7.04. The minimum atomic E-state index is -0.608. The van der Waals surface area contributed by atoms with Crippen LogP contribution in [0.5, 0.6) is 5.75 Å². The van der Waals surface area contributed by atoms with E-state index in [1.807, 2.05) is 50.2 Å². The van der Waals surface area contributed by atoms with Crippen LogP contribution in [0, 0.1) is 6.92 Å². The van der Waals surface area contributed by atoms with Crippen molar-refractivity contribution in [1.82, 2.24) is 4.90 Å². The molecule has 1 heterocycles. The fourth-order valence-electron chi connectivity index (χ4n) is 5.31. The highest BCUT2D eigenvalue weighted by atomic mass is 16.5. The summed E-state index contributed by atoms with van der Waals surface area (Å²) in [6.07, 6.45) is 3.85. The van der Waals surface area contributed by atoms with Crippen LogP contribution in [0.1, 0.15) is 81.7 Å². The molecule has 2 aromatic rings. The number of hydrogen-bond donors (Lipinski definition) is 1. The SMILES string of the molecule is CCOc1ccc(/C(O)=C2\C(=O)C(=O)N(C3CCCC3)C2c2ccccc2C)cc1C(C)(C)C. The average Bonchev–Trinajstić information content (AvgIpc) is 3.40. The van der Waals surface area contributed by atoms with Gasteiger partial charge >= 0.3 is 0 Å². The first-order chi connectivity index (χ1) is 16.1. The van der Waals surface area contributed by atoms with Crippen LogP contribution in [0.2, 0.25) is 0 Å². The van der Waals surface area contributed by atoms with Crippen LogP contribution in [-0.2, 0) is 15.0 Å². The van der Waals surface area contributed by atoms with Crippen molar-refractivity contribution in [2.75, 3.05) is 6.61 Å². The summed E-state index contributed by atoms with van der Waals surface area (Å²) in [6, 6.07) is 12.7. The normalized spacial score (nSPS) is 20.9. The number of rotatable bonds is 5. The average molecular weight is 462 g/mol. The number of benzene rings is 2. The van der Waals surface area contributed by atoms with Gasteiger partial charge in [-0.3, -0.25) is 9.59 Å². The Balaban J connectivity index is 1.91. The first-order valence-electron chi connectivity index (χ1n) is 12.3. The number of Topliss-reactive ketones (excluding diaryl/α,β-unsaturated/α-hetero) is 1. The predicted molar refractivity (Wildman–Crippen MR) is 134 cm³/mol. The summed E-state index contributed by atoms with van der Waals surface area (Å²) >= 11 is 0. The Kier molecular flexibility index (Phi) is 6.57. The lowest BCUT2D eigenvalue weighted by atomic mass is 9.84. The van der Waals surface area contributed by atoms with Gasteiger partial charge in [0.05, 0.1) is 18.2 Å². The van der Waals surface area contributed by atoms with Crippen molar-refractivity contribution in [3.8, 4) is 5.75 Å². The highest BCUT2D eigenvalue weighted by Gasteiger charge is 2.49. The number of likely N-dealkylation sites (tertiary alicyclic amines) is 1. The van der Waals surface area contributed by atoms with E-state index in [1.54, 1.807) is 11.0 Å². The number of carbonyl (C=O) groups excluding carboxylic acids is 2. The molecule has 1 saturated heterocycles. The Morgan fingerprint density at radius 3 is 2.38 bits per heavy atom. The molecule has 0 aromatic heterocycles. The lowest BCUT2D eigenvalue weighted by Crippen LogP contribution is -2.37. The Morgan fingerprint density at radius 1 is 1.09 bits per heavy atom. The number of amides is 1. The topological polar surface area (TPSA) is 66.8 Å². The fourth-order valence-corrected chi connectivity index (χ4v) is 5.31.